The second-order valence-electron chi connectivity index (χ2n) is 5.51. The fourth-order valence-corrected chi connectivity index (χ4v) is 2.96. The molecule has 1 amide bonds. The first kappa shape index (κ1) is 19.7. The average molecular weight is 375 g/mol. The molecule has 0 aromatic heterocycles. The fraction of sp³-hybridized carbons (Fsp3) is 0.263. The van der Waals surface area contributed by atoms with Gasteiger partial charge in [0, 0.05) is 4.90 Å². The number of carbonyl (C=O) groups excluding carboxylic acids is 1. The van der Waals surface area contributed by atoms with Crippen LogP contribution in [0, 0.1) is 0 Å². The van der Waals surface area contributed by atoms with E-state index in [4.69, 9.17) is 14.6 Å². The van der Waals surface area contributed by atoms with Gasteiger partial charge in [0.1, 0.15) is 11.5 Å². The molecule has 0 radical (unpaired) electrons. The predicted octanol–water partition coefficient (Wildman–Crippen LogP) is 3.13. The highest BCUT2D eigenvalue weighted by Crippen LogP contribution is 2.23. The number of rotatable bonds is 9. The maximum absolute atomic E-state index is 12.1. The average Bonchev–Trinajstić information content (AvgIpc) is 2.65. The van der Waals surface area contributed by atoms with Crippen LogP contribution in [0.5, 0.6) is 11.5 Å². The van der Waals surface area contributed by atoms with Crippen LogP contribution >= 0.6 is 11.8 Å². The maximum Gasteiger partial charge on any atom is 0.341 e. The van der Waals surface area contributed by atoms with E-state index in [1.165, 1.54) is 11.8 Å². The molecule has 0 spiro atoms. The largest absolute Gasteiger partial charge is 0.497 e. The van der Waals surface area contributed by atoms with Gasteiger partial charge in [-0.15, -0.1) is 11.8 Å². The van der Waals surface area contributed by atoms with Gasteiger partial charge in [-0.25, -0.2) is 4.79 Å². The zero-order valence-corrected chi connectivity index (χ0v) is 15.4. The molecule has 0 aliphatic carbocycles. The number of carboxylic acids is 1. The Hall–Kier alpha value is -2.67. The van der Waals surface area contributed by atoms with Crippen LogP contribution < -0.4 is 14.8 Å². The summed E-state index contributed by atoms with van der Waals surface area (Å²) in [6.07, 6.45) is 0. The number of ether oxygens (including phenoxy) is 2. The summed E-state index contributed by atoms with van der Waals surface area (Å²) in [6, 6.07) is 14.4. The number of carboxylic acid groups (broad SMARTS) is 1. The van der Waals surface area contributed by atoms with E-state index in [9.17, 15) is 9.59 Å². The summed E-state index contributed by atoms with van der Waals surface area (Å²) in [5.74, 6) is 0.439. The van der Waals surface area contributed by atoms with Crippen molar-refractivity contribution in [3.63, 3.8) is 0 Å². The Kier molecular flexibility index (Phi) is 7.35. The van der Waals surface area contributed by atoms with Crippen LogP contribution in [0.3, 0.4) is 0 Å². The smallest absolute Gasteiger partial charge is 0.341 e. The molecule has 0 saturated heterocycles. The molecule has 0 saturated carbocycles. The Morgan fingerprint density at radius 1 is 1.15 bits per heavy atom. The lowest BCUT2D eigenvalue weighted by atomic mass is 10.1. The summed E-state index contributed by atoms with van der Waals surface area (Å²) in [6.45, 7) is 1.51. The molecule has 0 bridgehead atoms. The third-order valence-corrected chi connectivity index (χ3v) is 4.52. The normalized spacial score (nSPS) is 11.5. The molecule has 26 heavy (non-hydrogen) atoms. The van der Waals surface area contributed by atoms with E-state index >= 15 is 0 Å². The minimum absolute atomic E-state index is 0.0727. The van der Waals surface area contributed by atoms with Gasteiger partial charge in [-0.1, -0.05) is 18.2 Å². The Morgan fingerprint density at radius 2 is 1.88 bits per heavy atom. The third-order valence-electron chi connectivity index (χ3n) is 3.53. The van der Waals surface area contributed by atoms with E-state index in [2.05, 4.69) is 5.32 Å². The number of aliphatic carboxylic acids is 1. The van der Waals surface area contributed by atoms with Gasteiger partial charge < -0.3 is 19.9 Å². The van der Waals surface area contributed by atoms with E-state index < -0.39 is 5.97 Å². The van der Waals surface area contributed by atoms with Gasteiger partial charge in [0.15, 0.2) is 6.61 Å². The SMILES string of the molecule is COc1cccc(SCC(=O)NC(C)c2ccc(OCC(=O)O)cc2)c1. The van der Waals surface area contributed by atoms with E-state index in [1.54, 1.807) is 31.4 Å². The zero-order chi connectivity index (χ0) is 18.9. The summed E-state index contributed by atoms with van der Waals surface area (Å²) >= 11 is 1.44. The summed E-state index contributed by atoms with van der Waals surface area (Å²) in [5.41, 5.74) is 0.910. The molecule has 0 fully saturated rings. The number of hydrogen-bond acceptors (Lipinski definition) is 5. The highest BCUT2D eigenvalue weighted by Gasteiger charge is 2.11. The van der Waals surface area contributed by atoms with Crippen LogP contribution in [-0.4, -0.2) is 36.5 Å². The molecule has 2 aromatic carbocycles. The Bertz CT molecular complexity index is 748. The molecule has 0 heterocycles. The third kappa shape index (κ3) is 6.33. The number of amides is 1. The first-order chi connectivity index (χ1) is 12.5. The highest BCUT2D eigenvalue weighted by atomic mass is 32.2. The summed E-state index contributed by atoms with van der Waals surface area (Å²) in [4.78, 5) is 23.6. The zero-order valence-electron chi connectivity index (χ0n) is 14.6. The second kappa shape index (κ2) is 9.72. The lowest BCUT2D eigenvalue weighted by molar-refractivity contribution is -0.139. The number of benzene rings is 2. The lowest BCUT2D eigenvalue weighted by Crippen LogP contribution is -2.28. The Morgan fingerprint density at radius 3 is 2.54 bits per heavy atom. The summed E-state index contributed by atoms with van der Waals surface area (Å²) in [5, 5.41) is 11.5. The number of methoxy groups -OCH3 is 1. The molecule has 1 unspecified atom stereocenters. The molecule has 0 aliphatic rings. The van der Waals surface area contributed by atoms with Crippen molar-refractivity contribution in [3.8, 4) is 11.5 Å². The fourth-order valence-electron chi connectivity index (χ4n) is 2.20. The quantitative estimate of drug-likeness (QED) is 0.655. The van der Waals surface area contributed by atoms with Gasteiger partial charge >= 0.3 is 5.97 Å². The molecule has 2 rings (SSSR count). The summed E-state index contributed by atoms with van der Waals surface area (Å²) < 4.78 is 10.3. The molecule has 2 N–H and O–H groups in total. The van der Waals surface area contributed by atoms with Gasteiger partial charge in [0.2, 0.25) is 5.91 Å². The Balaban J connectivity index is 1.83. The molecule has 2 aromatic rings. The van der Waals surface area contributed by atoms with Crippen LogP contribution in [-0.2, 0) is 9.59 Å². The number of nitrogens with one attached hydrogen (secondary N) is 1. The van der Waals surface area contributed by atoms with Crippen molar-refractivity contribution in [3.05, 3.63) is 54.1 Å². The molecule has 7 heteroatoms. The van der Waals surface area contributed by atoms with E-state index in [1.807, 2.05) is 31.2 Å². The van der Waals surface area contributed by atoms with Gasteiger partial charge in [0.05, 0.1) is 18.9 Å². The molecule has 6 nitrogen and oxygen atoms in total. The predicted molar refractivity (Wildman–Crippen MR) is 99.8 cm³/mol. The minimum atomic E-state index is -1.02. The molecule has 0 aliphatic heterocycles. The van der Waals surface area contributed by atoms with E-state index in [0.717, 1.165) is 16.2 Å². The van der Waals surface area contributed by atoms with Crippen molar-refractivity contribution >= 4 is 23.6 Å². The van der Waals surface area contributed by atoms with Gasteiger partial charge in [0.25, 0.3) is 0 Å². The summed E-state index contributed by atoms with van der Waals surface area (Å²) in [7, 11) is 1.61. The first-order valence-electron chi connectivity index (χ1n) is 7.98. The highest BCUT2D eigenvalue weighted by molar-refractivity contribution is 8.00. The number of hydrogen-bond donors (Lipinski definition) is 2. The molecule has 1 atom stereocenters. The monoisotopic (exact) mass is 375 g/mol. The number of thioether (sulfide) groups is 1. The van der Waals surface area contributed by atoms with Crippen molar-refractivity contribution in [1.29, 1.82) is 0 Å². The Labute approximate surface area is 156 Å². The second-order valence-corrected chi connectivity index (χ2v) is 6.56. The van der Waals surface area contributed by atoms with Crippen LogP contribution in [0.4, 0.5) is 0 Å². The van der Waals surface area contributed by atoms with Crippen molar-refractivity contribution < 1.29 is 24.2 Å². The van der Waals surface area contributed by atoms with Crippen molar-refractivity contribution in [2.75, 3.05) is 19.5 Å². The molecule has 138 valence electrons. The lowest BCUT2D eigenvalue weighted by Gasteiger charge is -2.15. The van der Waals surface area contributed by atoms with E-state index in [0.29, 0.717) is 11.5 Å². The number of carbonyl (C=O) groups is 2. The van der Waals surface area contributed by atoms with Crippen LogP contribution in [0.1, 0.15) is 18.5 Å². The topological polar surface area (TPSA) is 84.9 Å². The van der Waals surface area contributed by atoms with Crippen molar-refractivity contribution in [1.82, 2.24) is 5.32 Å². The minimum Gasteiger partial charge on any atom is -0.497 e. The molecular formula is C19H21NO5S. The van der Waals surface area contributed by atoms with Crippen molar-refractivity contribution in [2.24, 2.45) is 0 Å². The van der Waals surface area contributed by atoms with Gasteiger partial charge in [-0.3, -0.25) is 4.79 Å². The van der Waals surface area contributed by atoms with Gasteiger partial charge in [-0.05, 0) is 42.8 Å². The van der Waals surface area contributed by atoms with Crippen LogP contribution in [0.15, 0.2) is 53.4 Å². The van der Waals surface area contributed by atoms with Crippen LogP contribution in [0.2, 0.25) is 0 Å². The molecular weight excluding hydrogens is 354 g/mol. The van der Waals surface area contributed by atoms with Crippen LogP contribution in [0.25, 0.3) is 0 Å². The first-order valence-corrected chi connectivity index (χ1v) is 8.97. The maximum atomic E-state index is 12.1. The van der Waals surface area contributed by atoms with Gasteiger partial charge in [-0.2, -0.15) is 0 Å². The van der Waals surface area contributed by atoms with E-state index in [-0.39, 0.29) is 18.6 Å². The standard InChI is InChI=1S/C19H21NO5S/c1-13(14-6-8-15(9-7-14)25-11-19(22)23)20-18(21)12-26-17-5-3-4-16(10-17)24-2/h3-10,13H,11-12H2,1-2H3,(H,20,21)(H,22,23). The van der Waals surface area contributed by atoms with Crippen molar-refractivity contribution in [2.45, 2.75) is 17.9 Å².